The minimum absolute atomic E-state index is 0.0336. The van der Waals surface area contributed by atoms with Crippen LogP contribution in [0.15, 0.2) is 109 Å². The summed E-state index contributed by atoms with van der Waals surface area (Å²) >= 11 is 0. The molecule has 4 nitrogen and oxygen atoms in total. The van der Waals surface area contributed by atoms with Crippen LogP contribution in [-0.4, -0.2) is 12.7 Å². The van der Waals surface area contributed by atoms with Crippen LogP contribution in [0.5, 0.6) is 0 Å². The number of alkyl halides is 3. The molecule has 1 atom stereocenters. The molecular formula is C32H31F3N4. The van der Waals surface area contributed by atoms with E-state index in [-0.39, 0.29) is 17.4 Å². The number of nitriles is 1. The van der Waals surface area contributed by atoms with Crippen molar-refractivity contribution in [3.05, 3.63) is 131 Å². The van der Waals surface area contributed by atoms with Crippen molar-refractivity contribution in [2.24, 2.45) is 5.92 Å². The lowest BCUT2D eigenvalue weighted by Gasteiger charge is -2.23. The number of allylic oxidation sites excluding steroid dienone is 2. The van der Waals surface area contributed by atoms with Crippen molar-refractivity contribution in [2.75, 3.05) is 17.2 Å². The molecule has 0 aromatic heterocycles. The molecule has 0 spiro atoms. The van der Waals surface area contributed by atoms with Crippen LogP contribution < -0.4 is 16.0 Å². The van der Waals surface area contributed by atoms with Crippen LogP contribution in [0.1, 0.15) is 41.1 Å². The van der Waals surface area contributed by atoms with Crippen LogP contribution in [-0.2, 0) is 0 Å². The molecule has 0 bridgehead atoms. The van der Waals surface area contributed by atoms with Gasteiger partial charge in [-0.1, -0.05) is 55.6 Å². The van der Waals surface area contributed by atoms with Crippen molar-refractivity contribution in [3.63, 3.8) is 0 Å². The second-order valence-corrected chi connectivity index (χ2v) is 9.77. The fourth-order valence-corrected chi connectivity index (χ4v) is 4.24. The molecule has 1 aliphatic rings. The molecule has 4 rings (SSSR count). The lowest BCUT2D eigenvalue weighted by molar-refractivity contribution is -0.0878. The van der Waals surface area contributed by atoms with E-state index < -0.39 is 11.7 Å². The highest BCUT2D eigenvalue weighted by Crippen LogP contribution is 2.32. The lowest BCUT2D eigenvalue weighted by atomic mass is 9.94. The fourth-order valence-electron chi connectivity index (χ4n) is 4.24. The number of hydrogen-bond donors (Lipinski definition) is 3. The Bertz CT molecular complexity index is 1430. The molecule has 0 saturated heterocycles. The third-order valence-corrected chi connectivity index (χ3v) is 6.60. The van der Waals surface area contributed by atoms with Gasteiger partial charge in [-0.15, -0.1) is 0 Å². The molecule has 3 N–H and O–H groups in total. The zero-order valence-electron chi connectivity index (χ0n) is 21.8. The topological polar surface area (TPSA) is 59.9 Å². The first kappa shape index (κ1) is 27.7. The van der Waals surface area contributed by atoms with E-state index in [0.717, 1.165) is 18.2 Å². The van der Waals surface area contributed by atoms with Gasteiger partial charge >= 0.3 is 6.18 Å². The van der Waals surface area contributed by atoms with E-state index >= 15 is 0 Å². The van der Waals surface area contributed by atoms with E-state index in [1.54, 1.807) is 24.3 Å². The van der Waals surface area contributed by atoms with E-state index in [1.165, 1.54) is 24.0 Å². The second kappa shape index (κ2) is 12.1. The Hall–Kier alpha value is -4.28. The minimum Gasteiger partial charge on any atom is -0.354 e. The van der Waals surface area contributed by atoms with Crippen LogP contribution in [0.25, 0.3) is 0 Å². The maximum absolute atomic E-state index is 13.4. The van der Waals surface area contributed by atoms with Crippen molar-refractivity contribution >= 4 is 11.4 Å². The highest BCUT2D eigenvalue weighted by Gasteiger charge is 2.31. The molecule has 1 saturated carbocycles. The first-order valence-corrected chi connectivity index (χ1v) is 12.7. The summed E-state index contributed by atoms with van der Waals surface area (Å²) in [6.07, 6.45) is -1.23. The van der Waals surface area contributed by atoms with Crippen molar-refractivity contribution in [2.45, 2.75) is 32.0 Å². The van der Waals surface area contributed by atoms with E-state index in [4.69, 9.17) is 0 Å². The van der Waals surface area contributed by atoms with Crippen molar-refractivity contribution < 1.29 is 13.2 Å². The van der Waals surface area contributed by atoms with Crippen molar-refractivity contribution in [3.8, 4) is 6.07 Å². The summed E-state index contributed by atoms with van der Waals surface area (Å²) in [6, 6.07) is 24.5. The Morgan fingerprint density at radius 2 is 1.69 bits per heavy atom. The summed E-state index contributed by atoms with van der Waals surface area (Å²) in [5, 5.41) is 19.0. The van der Waals surface area contributed by atoms with Gasteiger partial charge in [-0.2, -0.15) is 18.4 Å². The largest absolute Gasteiger partial charge is 0.415 e. The summed E-state index contributed by atoms with van der Waals surface area (Å²) < 4.78 is 40.1. The monoisotopic (exact) mass is 528 g/mol. The molecule has 0 amide bonds. The molecule has 0 heterocycles. The number of aryl methyl sites for hydroxylation is 1. The Balaban J connectivity index is 1.61. The quantitative estimate of drug-likeness (QED) is 0.221. The Labute approximate surface area is 227 Å². The molecule has 39 heavy (non-hydrogen) atoms. The first-order valence-electron chi connectivity index (χ1n) is 12.7. The summed E-state index contributed by atoms with van der Waals surface area (Å²) in [5.41, 5.74) is 4.17. The molecular weight excluding hydrogens is 497 g/mol. The molecule has 7 heteroatoms. The highest BCUT2D eigenvalue weighted by molar-refractivity contribution is 5.62. The molecule has 3 aromatic carbocycles. The van der Waals surface area contributed by atoms with Crippen molar-refractivity contribution in [1.29, 1.82) is 5.26 Å². The Kier molecular flexibility index (Phi) is 8.58. The van der Waals surface area contributed by atoms with Gasteiger partial charge in [-0.25, -0.2) is 0 Å². The predicted octanol–water partition coefficient (Wildman–Crippen LogP) is 8.00. The number of nitrogens with one attached hydrogen (secondary N) is 3. The van der Waals surface area contributed by atoms with Gasteiger partial charge < -0.3 is 16.0 Å². The summed E-state index contributed by atoms with van der Waals surface area (Å²) in [7, 11) is 0. The van der Waals surface area contributed by atoms with E-state index in [2.05, 4.69) is 48.2 Å². The van der Waals surface area contributed by atoms with Crippen LogP contribution in [0.4, 0.5) is 24.5 Å². The van der Waals surface area contributed by atoms with Gasteiger partial charge in [0.25, 0.3) is 0 Å². The van der Waals surface area contributed by atoms with Gasteiger partial charge in [0.05, 0.1) is 34.6 Å². The second-order valence-electron chi connectivity index (χ2n) is 9.77. The van der Waals surface area contributed by atoms with Crippen LogP contribution in [0.2, 0.25) is 0 Å². The van der Waals surface area contributed by atoms with Gasteiger partial charge in [-0.05, 0) is 85.3 Å². The summed E-state index contributed by atoms with van der Waals surface area (Å²) in [6.45, 7) is 10.2. The molecule has 1 unspecified atom stereocenters. The zero-order chi connectivity index (χ0) is 28.0. The van der Waals surface area contributed by atoms with Crippen LogP contribution in [0.3, 0.4) is 0 Å². The molecule has 1 fully saturated rings. The fraction of sp³-hybridized carbons (Fsp3) is 0.219. The number of rotatable bonds is 11. The molecule has 0 radical (unpaired) electrons. The van der Waals surface area contributed by atoms with E-state index in [9.17, 15) is 18.4 Å². The highest BCUT2D eigenvalue weighted by atomic mass is 19.4. The third kappa shape index (κ3) is 7.62. The molecule has 3 aromatic rings. The van der Waals surface area contributed by atoms with Crippen LogP contribution >= 0.6 is 0 Å². The smallest absolute Gasteiger partial charge is 0.354 e. The summed E-state index contributed by atoms with van der Waals surface area (Å²) in [5.74, 6) is 0.692. The van der Waals surface area contributed by atoms with Crippen molar-refractivity contribution in [1.82, 2.24) is 5.32 Å². The molecule has 1 aliphatic carbocycles. The third-order valence-electron chi connectivity index (χ3n) is 6.60. The SMILES string of the molecule is C=C(Nc1cccc(C(NCC2CC2)c2ccccc2C)c1)/C(=C/C(=C)C(F)(F)F)Nc1cccc(C#N)c1. The van der Waals surface area contributed by atoms with Gasteiger partial charge in [0.15, 0.2) is 0 Å². The number of nitrogens with zero attached hydrogens (tertiary/aromatic N) is 1. The standard InChI is InChI=1S/C32H31F3N4/c1-21-8-4-5-13-29(21)31(37-20-24-14-15-24)26-10-7-12-28(18-26)38-23(3)30(16-22(2)32(33,34)35)39-27-11-6-9-25(17-27)19-36/h4-13,16-18,24,31,37-39H,2-3,14-15,20H2,1H3/b30-16-. The first-order chi connectivity index (χ1) is 18.6. The molecule has 200 valence electrons. The normalized spacial score (nSPS) is 14.3. The molecule has 0 aliphatic heterocycles. The van der Waals surface area contributed by atoms with Gasteiger partial charge in [0, 0.05) is 11.4 Å². The predicted molar refractivity (Wildman–Crippen MR) is 151 cm³/mol. The maximum Gasteiger partial charge on any atom is 0.415 e. The Morgan fingerprint density at radius 3 is 2.36 bits per heavy atom. The van der Waals surface area contributed by atoms with Gasteiger partial charge in [0.1, 0.15) is 0 Å². The average molecular weight is 529 g/mol. The zero-order valence-corrected chi connectivity index (χ0v) is 21.8. The van der Waals surface area contributed by atoms with E-state index in [1.807, 2.05) is 42.5 Å². The Morgan fingerprint density at radius 1 is 1.00 bits per heavy atom. The lowest BCUT2D eigenvalue weighted by Crippen LogP contribution is -2.25. The van der Waals surface area contributed by atoms with Gasteiger partial charge in [0.2, 0.25) is 0 Å². The maximum atomic E-state index is 13.4. The average Bonchev–Trinajstić information content (AvgIpc) is 3.74. The van der Waals surface area contributed by atoms with E-state index in [0.29, 0.717) is 22.9 Å². The number of hydrogen-bond acceptors (Lipinski definition) is 4. The minimum atomic E-state index is -4.60. The number of benzene rings is 3. The number of anilines is 2. The summed E-state index contributed by atoms with van der Waals surface area (Å²) in [4.78, 5) is 0. The number of halogens is 3. The van der Waals surface area contributed by atoms with Gasteiger partial charge in [-0.3, -0.25) is 0 Å². The van der Waals surface area contributed by atoms with Crippen LogP contribution in [0, 0.1) is 24.2 Å².